The zero-order chi connectivity index (χ0) is 29.9. The summed E-state index contributed by atoms with van der Waals surface area (Å²) in [5, 5.41) is 28.3. The minimum atomic E-state index is -0.0950. The molecule has 6 rings (SSSR count). The second kappa shape index (κ2) is 16.4. The standard InChI is InChI=1S/3C10H12N2O2.Fe/c3*13-9-7-11-4-3-8(9)10(14)12-5-1-2-6-12;/h3*3-4,7,13H,1-2,5-6H2;/q;;;+3. The van der Waals surface area contributed by atoms with E-state index < -0.39 is 0 Å². The fourth-order valence-corrected chi connectivity index (χ4v) is 4.97. The maximum absolute atomic E-state index is 11.8. The van der Waals surface area contributed by atoms with Crippen LogP contribution in [-0.2, 0) is 17.1 Å². The van der Waals surface area contributed by atoms with Gasteiger partial charge in [-0.2, -0.15) is 0 Å². The topological polar surface area (TPSA) is 160 Å². The van der Waals surface area contributed by atoms with E-state index in [-0.39, 0.29) is 52.0 Å². The van der Waals surface area contributed by atoms with E-state index in [1.54, 1.807) is 32.9 Å². The Morgan fingerprint density at radius 2 is 0.721 bits per heavy atom. The molecule has 0 atom stereocenters. The number of nitrogens with zero attached hydrogens (tertiary/aromatic N) is 6. The fourth-order valence-electron chi connectivity index (χ4n) is 4.97. The summed E-state index contributed by atoms with van der Waals surface area (Å²) >= 11 is 0. The molecule has 3 saturated heterocycles. The molecule has 6 heterocycles. The van der Waals surface area contributed by atoms with Gasteiger partial charge in [0.2, 0.25) is 0 Å². The molecule has 0 aliphatic carbocycles. The van der Waals surface area contributed by atoms with Crippen LogP contribution in [-0.4, -0.2) is 102 Å². The van der Waals surface area contributed by atoms with Gasteiger partial charge in [0.25, 0.3) is 17.7 Å². The summed E-state index contributed by atoms with van der Waals surface area (Å²) in [5.74, 6) is -0.398. The normalized spacial score (nSPS) is 15.5. The number of pyridine rings is 3. The van der Waals surface area contributed by atoms with Crippen LogP contribution in [0, 0.1) is 0 Å². The van der Waals surface area contributed by atoms with Crippen molar-refractivity contribution in [3.8, 4) is 17.2 Å². The SMILES string of the molecule is O=C(c1ccncc1O)N1CCCC1.O=C(c1ccncc1O)N1CCCC1.O=C(c1ccncc1O)N1CCCC1.[Fe+3]. The number of amides is 3. The third-order valence-corrected chi connectivity index (χ3v) is 7.27. The molecule has 1 radical (unpaired) electrons. The van der Waals surface area contributed by atoms with E-state index >= 15 is 0 Å². The van der Waals surface area contributed by atoms with Crippen molar-refractivity contribution in [2.24, 2.45) is 0 Å². The number of rotatable bonds is 3. The zero-order valence-electron chi connectivity index (χ0n) is 23.8. The summed E-state index contributed by atoms with van der Waals surface area (Å²) in [7, 11) is 0. The van der Waals surface area contributed by atoms with Crippen LogP contribution in [0.2, 0.25) is 0 Å². The predicted octanol–water partition coefficient (Wildman–Crippen LogP) is 3.07. The summed E-state index contributed by atoms with van der Waals surface area (Å²) in [5.41, 5.74) is 1.05. The molecule has 0 bridgehead atoms. The monoisotopic (exact) mass is 632 g/mol. The van der Waals surface area contributed by atoms with Crippen molar-refractivity contribution in [3.05, 3.63) is 72.1 Å². The van der Waals surface area contributed by atoms with E-state index in [1.165, 1.54) is 37.2 Å². The number of carbonyl (C=O) groups is 3. The van der Waals surface area contributed by atoms with Gasteiger partial charge in [-0.05, 0) is 56.7 Å². The molecule has 43 heavy (non-hydrogen) atoms. The molecule has 3 aromatic rings. The van der Waals surface area contributed by atoms with Crippen LogP contribution in [0.3, 0.4) is 0 Å². The third-order valence-electron chi connectivity index (χ3n) is 7.27. The van der Waals surface area contributed by atoms with Gasteiger partial charge in [-0.15, -0.1) is 0 Å². The molecular formula is C30H36FeN6O6+3. The molecular weight excluding hydrogens is 596 g/mol. The zero-order valence-corrected chi connectivity index (χ0v) is 24.9. The molecule has 3 fully saturated rings. The molecule has 0 saturated carbocycles. The average Bonchev–Trinajstić information content (AvgIpc) is 3.82. The van der Waals surface area contributed by atoms with Crippen LogP contribution in [0.15, 0.2) is 55.4 Å². The Balaban J connectivity index is 0.000000175. The second-order valence-electron chi connectivity index (χ2n) is 10.2. The van der Waals surface area contributed by atoms with Crippen molar-refractivity contribution in [3.63, 3.8) is 0 Å². The average molecular weight is 632 g/mol. The second-order valence-corrected chi connectivity index (χ2v) is 10.2. The molecule has 0 spiro atoms. The molecule has 3 aliphatic heterocycles. The minimum Gasteiger partial charge on any atom is -0.505 e. The van der Waals surface area contributed by atoms with Crippen LogP contribution in [0.5, 0.6) is 17.2 Å². The van der Waals surface area contributed by atoms with Crippen molar-refractivity contribution >= 4 is 17.7 Å². The van der Waals surface area contributed by atoms with Crippen molar-refractivity contribution in [1.82, 2.24) is 29.7 Å². The number of aromatic nitrogens is 3. The molecule has 0 aromatic carbocycles. The summed E-state index contributed by atoms with van der Waals surface area (Å²) in [6.07, 6.45) is 14.8. The van der Waals surface area contributed by atoms with Crippen LogP contribution >= 0.6 is 0 Å². The first-order valence-electron chi connectivity index (χ1n) is 14.1. The first kappa shape index (κ1) is 33.3. The molecule has 0 unspecified atom stereocenters. The summed E-state index contributed by atoms with van der Waals surface area (Å²) in [6, 6.07) is 4.65. The van der Waals surface area contributed by atoms with E-state index in [1.807, 2.05) is 0 Å². The maximum atomic E-state index is 11.8. The van der Waals surface area contributed by atoms with Crippen molar-refractivity contribution < 1.29 is 46.8 Å². The predicted molar refractivity (Wildman–Crippen MR) is 153 cm³/mol. The van der Waals surface area contributed by atoms with Crippen LogP contribution in [0.25, 0.3) is 0 Å². The quantitative estimate of drug-likeness (QED) is 0.369. The maximum Gasteiger partial charge on any atom is 3.00 e. The summed E-state index contributed by atoms with van der Waals surface area (Å²) < 4.78 is 0. The van der Waals surface area contributed by atoms with Crippen molar-refractivity contribution in [2.75, 3.05) is 39.3 Å². The molecule has 13 heteroatoms. The Hall–Kier alpha value is -4.22. The number of hydrogen-bond acceptors (Lipinski definition) is 9. The molecule has 227 valence electrons. The van der Waals surface area contributed by atoms with E-state index in [0.717, 1.165) is 77.8 Å². The van der Waals surface area contributed by atoms with Gasteiger partial charge in [0.15, 0.2) is 0 Å². The van der Waals surface area contributed by atoms with Crippen LogP contribution < -0.4 is 0 Å². The van der Waals surface area contributed by atoms with Gasteiger partial charge >= 0.3 is 17.1 Å². The first-order valence-corrected chi connectivity index (χ1v) is 14.1. The van der Waals surface area contributed by atoms with E-state index in [4.69, 9.17) is 0 Å². The molecule has 3 N–H and O–H groups in total. The van der Waals surface area contributed by atoms with Gasteiger partial charge in [0.05, 0.1) is 35.3 Å². The van der Waals surface area contributed by atoms with E-state index in [9.17, 15) is 29.7 Å². The van der Waals surface area contributed by atoms with Crippen molar-refractivity contribution in [2.45, 2.75) is 38.5 Å². The Morgan fingerprint density at radius 1 is 0.488 bits per heavy atom. The summed E-state index contributed by atoms with van der Waals surface area (Å²) in [6.45, 7) is 4.75. The van der Waals surface area contributed by atoms with Gasteiger partial charge in [-0.3, -0.25) is 29.3 Å². The third kappa shape index (κ3) is 8.88. The molecule has 12 nitrogen and oxygen atoms in total. The first-order chi connectivity index (χ1) is 20.4. The summed E-state index contributed by atoms with van der Waals surface area (Å²) in [4.78, 5) is 51.9. The van der Waals surface area contributed by atoms with Gasteiger partial charge in [0.1, 0.15) is 17.2 Å². The minimum absolute atomic E-state index is 0. The number of aromatic hydroxyl groups is 3. The van der Waals surface area contributed by atoms with Gasteiger partial charge < -0.3 is 30.0 Å². The number of likely N-dealkylation sites (tertiary alicyclic amines) is 3. The molecule has 3 aromatic heterocycles. The Bertz CT molecular complexity index is 1210. The Labute approximate surface area is 260 Å². The Morgan fingerprint density at radius 3 is 0.930 bits per heavy atom. The molecule has 3 aliphatic rings. The molecule has 3 amide bonds. The van der Waals surface area contributed by atoms with Crippen LogP contribution in [0.1, 0.15) is 69.6 Å². The van der Waals surface area contributed by atoms with Gasteiger partial charge in [-0.1, -0.05) is 0 Å². The number of carbonyl (C=O) groups excluding carboxylic acids is 3. The number of hydrogen-bond donors (Lipinski definition) is 3. The van der Waals surface area contributed by atoms with E-state index in [0.29, 0.717) is 16.7 Å². The van der Waals surface area contributed by atoms with Crippen LogP contribution in [0.4, 0.5) is 0 Å². The van der Waals surface area contributed by atoms with E-state index in [2.05, 4.69) is 15.0 Å². The smallest absolute Gasteiger partial charge is 0.505 e. The Kier molecular flexibility index (Phi) is 12.7. The largest absolute Gasteiger partial charge is 3.00 e. The van der Waals surface area contributed by atoms with Gasteiger partial charge in [0, 0.05) is 57.9 Å². The van der Waals surface area contributed by atoms with Gasteiger partial charge in [-0.25, -0.2) is 0 Å². The van der Waals surface area contributed by atoms with Crippen molar-refractivity contribution in [1.29, 1.82) is 0 Å². The fraction of sp³-hybridized carbons (Fsp3) is 0.400.